The van der Waals surface area contributed by atoms with Crippen molar-refractivity contribution < 1.29 is 4.79 Å². The predicted molar refractivity (Wildman–Crippen MR) is 70.3 cm³/mol. The molecule has 1 saturated heterocycles. The summed E-state index contributed by atoms with van der Waals surface area (Å²) < 4.78 is 0. The maximum Gasteiger partial charge on any atom is 0.219 e. The van der Waals surface area contributed by atoms with Gasteiger partial charge in [-0.3, -0.25) is 4.79 Å². The standard InChI is InChI=1S/C13H20N4O/c1-3-11-7-13(15-9-14-11)16-12-5-4-6-17(8-12)10(2)18/h7,9,12H,3-6,8H2,1-2H3,(H,14,15,16)/t12-/m0/s1. The van der Waals surface area contributed by atoms with Crippen LogP contribution in [0.25, 0.3) is 0 Å². The highest BCUT2D eigenvalue weighted by Crippen LogP contribution is 2.15. The van der Waals surface area contributed by atoms with Gasteiger partial charge in [-0.1, -0.05) is 6.92 Å². The number of hydrogen-bond acceptors (Lipinski definition) is 4. The van der Waals surface area contributed by atoms with Crippen LogP contribution in [0.2, 0.25) is 0 Å². The number of amides is 1. The normalized spacial score (nSPS) is 19.7. The van der Waals surface area contributed by atoms with Crippen LogP contribution in [-0.4, -0.2) is 39.9 Å². The molecule has 1 aliphatic heterocycles. The molecule has 0 unspecified atom stereocenters. The summed E-state index contributed by atoms with van der Waals surface area (Å²) in [6, 6.07) is 2.27. The Hall–Kier alpha value is -1.65. The molecule has 2 rings (SSSR count). The summed E-state index contributed by atoms with van der Waals surface area (Å²) in [4.78, 5) is 21.7. The van der Waals surface area contributed by atoms with Gasteiger partial charge in [0.1, 0.15) is 12.1 Å². The fourth-order valence-corrected chi connectivity index (χ4v) is 2.26. The van der Waals surface area contributed by atoms with Crippen molar-refractivity contribution in [3.63, 3.8) is 0 Å². The average Bonchev–Trinajstić information content (AvgIpc) is 2.39. The van der Waals surface area contributed by atoms with Gasteiger partial charge in [0.05, 0.1) is 0 Å². The number of carbonyl (C=O) groups is 1. The second-order valence-corrected chi connectivity index (χ2v) is 4.70. The van der Waals surface area contributed by atoms with Gasteiger partial charge in [0.25, 0.3) is 0 Å². The SMILES string of the molecule is CCc1cc(N[C@H]2CCCN(C(C)=O)C2)ncn1. The quantitative estimate of drug-likeness (QED) is 0.880. The van der Waals surface area contributed by atoms with Gasteiger partial charge in [-0.05, 0) is 19.3 Å². The molecule has 1 aromatic heterocycles. The highest BCUT2D eigenvalue weighted by molar-refractivity contribution is 5.73. The second kappa shape index (κ2) is 5.80. The highest BCUT2D eigenvalue weighted by Gasteiger charge is 2.21. The van der Waals surface area contributed by atoms with Crippen LogP contribution in [0.4, 0.5) is 5.82 Å². The number of carbonyl (C=O) groups excluding carboxylic acids is 1. The molecule has 0 aromatic carbocycles. The first-order valence-corrected chi connectivity index (χ1v) is 6.52. The summed E-state index contributed by atoms with van der Waals surface area (Å²) in [5.74, 6) is 1.01. The van der Waals surface area contributed by atoms with E-state index in [0.717, 1.165) is 43.9 Å². The molecule has 98 valence electrons. The van der Waals surface area contributed by atoms with Crippen molar-refractivity contribution in [2.24, 2.45) is 0 Å². The maximum absolute atomic E-state index is 11.4. The lowest BCUT2D eigenvalue weighted by Crippen LogP contribution is -2.44. The van der Waals surface area contributed by atoms with Crippen molar-refractivity contribution in [1.82, 2.24) is 14.9 Å². The summed E-state index contributed by atoms with van der Waals surface area (Å²) in [6.45, 7) is 5.34. The van der Waals surface area contributed by atoms with Crippen molar-refractivity contribution in [1.29, 1.82) is 0 Å². The van der Waals surface area contributed by atoms with Crippen molar-refractivity contribution in [3.05, 3.63) is 18.1 Å². The minimum Gasteiger partial charge on any atom is -0.365 e. The second-order valence-electron chi connectivity index (χ2n) is 4.70. The molecule has 0 bridgehead atoms. The Morgan fingerprint density at radius 3 is 3.11 bits per heavy atom. The number of anilines is 1. The molecule has 1 N–H and O–H groups in total. The number of nitrogens with zero attached hydrogens (tertiary/aromatic N) is 3. The molecule has 0 radical (unpaired) electrons. The van der Waals surface area contributed by atoms with E-state index in [1.807, 2.05) is 11.0 Å². The van der Waals surface area contributed by atoms with E-state index < -0.39 is 0 Å². The highest BCUT2D eigenvalue weighted by atomic mass is 16.2. The summed E-state index contributed by atoms with van der Waals surface area (Å²) in [6.07, 6.45) is 4.62. The Morgan fingerprint density at radius 1 is 1.56 bits per heavy atom. The minimum atomic E-state index is 0.151. The molecular weight excluding hydrogens is 228 g/mol. The number of likely N-dealkylation sites (tertiary alicyclic amines) is 1. The van der Waals surface area contributed by atoms with E-state index in [9.17, 15) is 4.79 Å². The molecule has 1 fully saturated rings. The number of piperidine rings is 1. The fourth-order valence-electron chi connectivity index (χ4n) is 2.26. The molecule has 5 nitrogen and oxygen atoms in total. The lowest BCUT2D eigenvalue weighted by molar-refractivity contribution is -0.129. The first-order valence-electron chi connectivity index (χ1n) is 6.52. The van der Waals surface area contributed by atoms with E-state index in [-0.39, 0.29) is 5.91 Å². The Bertz CT molecular complexity index is 421. The van der Waals surface area contributed by atoms with Crippen LogP contribution in [0.5, 0.6) is 0 Å². The van der Waals surface area contributed by atoms with Crippen LogP contribution in [-0.2, 0) is 11.2 Å². The molecule has 1 amide bonds. The fraction of sp³-hybridized carbons (Fsp3) is 0.615. The number of aromatic nitrogens is 2. The minimum absolute atomic E-state index is 0.151. The van der Waals surface area contributed by atoms with Gasteiger partial charge < -0.3 is 10.2 Å². The number of hydrogen-bond donors (Lipinski definition) is 1. The smallest absolute Gasteiger partial charge is 0.219 e. The number of rotatable bonds is 3. The summed E-state index contributed by atoms with van der Waals surface area (Å²) in [5, 5.41) is 3.40. The third-order valence-electron chi connectivity index (χ3n) is 3.30. The van der Waals surface area contributed by atoms with Gasteiger partial charge in [0, 0.05) is 37.8 Å². The lowest BCUT2D eigenvalue weighted by atomic mass is 10.1. The number of nitrogens with one attached hydrogen (secondary N) is 1. The van der Waals surface area contributed by atoms with Crippen LogP contribution in [0, 0.1) is 0 Å². The topological polar surface area (TPSA) is 58.1 Å². The lowest BCUT2D eigenvalue weighted by Gasteiger charge is -2.32. The Morgan fingerprint density at radius 2 is 2.39 bits per heavy atom. The van der Waals surface area contributed by atoms with Crippen LogP contribution >= 0.6 is 0 Å². The molecule has 0 saturated carbocycles. The summed E-state index contributed by atoms with van der Waals surface area (Å²) in [5.41, 5.74) is 1.03. The maximum atomic E-state index is 11.4. The molecule has 1 aromatic rings. The Labute approximate surface area is 108 Å². The molecule has 1 aliphatic rings. The zero-order chi connectivity index (χ0) is 13.0. The van der Waals surface area contributed by atoms with Crippen molar-refractivity contribution >= 4 is 11.7 Å². The number of aryl methyl sites for hydroxylation is 1. The van der Waals surface area contributed by atoms with Crippen LogP contribution in [0.3, 0.4) is 0 Å². The summed E-state index contributed by atoms with van der Waals surface area (Å²) in [7, 11) is 0. The van der Waals surface area contributed by atoms with Crippen molar-refractivity contribution in [3.8, 4) is 0 Å². The van der Waals surface area contributed by atoms with Gasteiger partial charge in [0.2, 0.25) is 5.91 Å². The van der Waals surface area contributed by atoms with E-state index in [2.05, 4.69) is 22.2 Å². The van der Waals surface area contributed by atoms with E-state index in [4.69, 9.17) is 0 Å². The van der Waals surface area contributed by atoms with E-state index >= 15 is 0 Å². The zero-order valence-corrected chi connectivity index (χ0v) is 11.0. The van der Waals surface area contributed by atoms with Gasteiger partial charge in [0.15, 0.2) is 0 Å². The van der Waals surface area contributed by atoms with Crippen LogP contribution < -0.4 is 5.32 Å². The van der Waals surface area contributed by atoms with Gasteiger partial charge in [-0.25, -0.2) is 9.97 Å². The molecular formula is C13H20N4O. The van der Waals surface area contributed by atoms with Crippen molar-refractivity contribution in [2.75, 3.05) is 18.4 Å². The molecule has 1 atom stereocenters. The van der Waals surface area contributed by atoms with Gasteiger partial charge in [-0.2, -0.15) is 0 Å². The van der Waals surface area contributed by atoms with E-state index in [1.165, 1.54) is 0 Å². The van der Waals surface area contributed by atoms with E-state index in [0.29, 0.717) is 6.04 Å². The monoisotopic (exact) mass is 248 g/mol. The molecule has 0 spiro atoms. The molecule has 5 heteroatoms. The van der Waals surface area contributed by atoms with E-state index in [1.54, 1.807) is 13.3 Å². The van der Waals surface area contributed by atoms with Gasteiger partial charge >= 0.3 is 0 Å². The third kappa shape index (κ3) is 3.18. The summed E-state index contributed by atoms with van der Waals surface area (Å²) >= 11 is 0. The Balaban J connectivity index is 1.97. The first kappa shape index (κ1) is 12.8. The molecule has 0 aliphatic carbocycles. The first-order chi connectivity index (χ1) is 8.69. The molecule has 2 heterocycles. The van der Waals surface area contributed by atoms with Crippen molar-refractivity contribution in [2.45, 2.75) is 39.2 Å². The zero-order valence-electron chi connectivity index (χ0n) is 11.0. The Kier molecular flexibility index (Phi) is 4.12. The van der Waals surface area contributed by atoms with Crippen LogP contribution in [0.1, 0.15) is 32.4 Å². The van der Waals surface area contributed by atoms with Crippen LogP contribution in [0.15, 0.2) is 12.4 Å². The predicted octanol–water partition coefficient (Wildman–Crippen LogP) is 1.46. The largest absolute Gasteiger partial charge is 0.365 e. The molecule has 18 heavy (non-hydrogen) atoms. The average molecular weight is 248 g/mol. The van der Waals surface area contributed by atoms with Gasteiger partial charge in [-0.15, -0.1) is 0 Å². The third-order valence-corrected chi connectivity index (χ3v) is 3.30.